The Hall–Kier alpha value is -2.94. The summed E-state index contributed by atoms with van der Waals surface area (Å²) in [6, 6.07) is 4.76. The van der Waals surface area contributed by atoms with Crippen molar-refractivity contribution in [1.29, 1.82) is 0 Å². The van der Waals surface area contributed by atoms with Crippen LogP contribution >= 0.6 is 11.6 Å². The summed E-state index contributed by atoms with van der Waals surface area (Å²) >= 11 is 6.03. The van der Waals surface area contributed by atoms with E-state index in [1.54, 1.807) is 29.2 Å². The Morgan fingerprint density at radius 1 is 1.38 bits per heavy atom. The SMILES string of the molecule is O=C(NCCc1nc(C2CC2)no1)Nc1cc(Cl)ccc1-n1cncn1. The number of hydrogen-bond acceptors (Lipinski definition) is 6. The lowest BCUT2D eigenvalue weighted by molar-refractivity contribution is 0.252. The standard InChI is InChI=1S/C16H16ClN7O2/c17-11-3-4-13(24-9-18-8-20-24)12(7-11)21-16(25)19-6-5-14-22-15(23-26-14)10-1-2-10/h3-4,7-10H,1-2,5-6H2,(H2,19,21,25). The van der Waals surface area contributed by atoms with Gasteiger partial charge in [-0.3, -0.25) is 0 Å². The van der Waals surface area contributed by atoms with Crippen LogP contribution in [-0.2, 0) is 6.42 Å². The third-order valence-corrected chi connectivity index (χ3v) is 4.16. The number of halogens is 1. The third kappa shape index (κ3) is 3.83. The molecule has 1 aliphatic rings. The topological polar surface area (TPSA) is 111 Å². The van der Waals surface area contributed by atoms with Crippen molar-refractivity contribution in [3.8, 4) is 5.69 Å². The van der Waals surface area contributed by atoms with E-state index in [1.807, 2.05) is 0 Å². The van der Waals surface area contributed by atoms with Crippen LogP contribution in [-0.4, -0.2) is 37.5 Å². The van der Waals surface area contributed by atoms with Crippen LogP contribution in [0.3, 0.4) is 0 Å². The molecule has 0 spiro atoms. The van der Waals surface area contributed by atoms with Crippen LogP contribution in [0.15, 0.2) is 35.4 Å². The average Bonchev–Trinajstić information content (AvgIpc) is 3.13. The molecule has 2 amide bonds. The molecule has 2 N–H and O–H groups in total. The second-order valence-electron chi connectivity index (χ2n) is 5.95. The molecule has 0 aliphatic heterocycles. The first-order chi connectivity index (χ1) is 12.7. The number of aromatic nitrogens is 5. The zero-order valence-electron chi connectivity index (χ0n) is 13.7. The highest BCUT2D eigenvalue weighted by Crippen LogP contribution is 2.38. The highest BCUT2D eigenvalue weighted by Gasteiger charge is 2.28. The molecule has 0 saturated heterocycles. The van der Waals surface area contributed by atoms with Crippen LogP contribution in [0.2, 0.25) is 5.02 Å². The first-order valence-electron chi connectivity index (χ1n) is 8.21. The molecular weight excluding hydrogens is 358 g/mol. The Morgan fingerprint density at radius 3 is 3.04 bits per heavy atom. The van der Waals surface area contributed by atoms with Gasteiger partial charge in [0.2, 0.25) is 5.89 Å². The zero-order chi connectivity index (χ0) is 17.9. The van der Waals surface area contributed by atoms with E-state index in [9.17, 15) is 4.79 Å². The summed E-state index contributed by atoms with van der Waals surface area (Å²) in [6.07, 6.45) is 5.66. The molecule has 0 radical (unpaired) electrons. The minimum Gasteiger partial charge on any atom is -0.339 e. The number of rotatable bonds is 6. The molecule has 1 aliphatic carbocycles. The number of carbonyl (C=O) groups is 1. The summed E-state index contributed by atoms with van der Waals surface area (Å²) in [4.78, 5) is 20.4. The smallest absolute Gasteiger partial charge is 0.319 e. The fraction of sp³-hybridized carbons (Fsp3) is 0.312. The van der Waals surface area contributed by atoms with E-state index in [-0.39, 0.29) is 6.03 Å². The maximum atomic E-state index is 12.2. The fourth-order valence-electron chi connectivity index (χ4n) is 2.47. The first-order valence-corrected chi connectivity index (χ1v) is 8.59. The lowest BCUT2D eigenvalue weighted by atomic mass is 10.2. The number of amides is 2. The molecule has 26 heavy (non-hydrogen) atoms. The van der Waals surface area contributed by atoms with E-state index in [4.69, 9.17) is 16.1 Å². The molecule has 2 aromatic heterocycles. The molecule has 0 atom stereocenters. The van der Waals surface area contributed by atoms with E-state index >= 15 is 0 Å². The summed E-state index contributed by atoms with van der Waals surface area (Å²) in [7, 11) is 0. The van der Waals surface area contributed by atoms with Crippen molar-refractivity contribution in [2.45, 2.75) is 25.2 Å². The summed E-state index contributed by atoms with van der Waals surface area (Å²) in [5.41, 5.74) is 1.18. The van der Waals surface area contributed by atoms with Gasteiger partial charge in [-0.2, -0.15) is 10.1 Å². The van der Waals surface area contributed by atoms with Crippen LogP contribution < -0.4 is 10.6 Å². The second-order valence-corrected chi connectivity index (χ2v) is 6.39. The Morgan fingerprint density at radius 2 is 2.27 bits per heavy atom. The number of benzene rings is 1. The molecule has 4 rings (SSSR count). The molecule has 1 aromatic carbocycles. The predicted molar refractivity (Wildman–Crippen MR) is 93.4 cm³/mol. The van der Waals surface area contributed by atoms with Crippen molar-refractivity contribution >= 4 is 23.3 Å². The van der Waals surface area contributed by atoms with Crippen LogP contribution in [0.25, 0.3) is 5.69 Å². The Bertz CT molecular complexity index is 905. The van der Waals surface area contributed by atoms with E-state index in [0.717, 1.165) is 18.7 Å². The molecule has 1 fully saturated rings. The van der Waals surface area contributed by atoms with E-state index in [0.29, 0.717) is 41.2 Å². The minimum absolute atomic E-state index is 0.365. The average molecular weight is 374 g/mol. The number of carbonyl (C=O) groups excluding carboxylic acids is 1. The van der Waals surface area contributed by atoms with Gasteiger partial charge in [0.25, 0.3) is 0 Å². The normalized spacial score (nSPS) is 13.6. The Labute approximate surface area is 153 Å². The lowest BCUT2D eigenvalue weighted by Gasteiger charge is -2.12. The monoisotopic (exact) mass is 373 g/mol. The highest BCUT2D eigenvalue weighted by molar-refractivity contribution is 6.31. The number of anilines is 1. The molecule has 0 bridgehead atoms. The van der Waals surface area contributed by atoms with Crippen LogP contribution in [0.4, 0.5) is 10.5 Å². The van der Waals surface area contributed by atoms with Gasteiger partial charge in [0.15, 0.2) is 5.82 Å². The molecular formula is C16H16ClN7O2. The fourth-order valence-corrected chi connectivity index (χ4v) is 2.64. The Kier molecular flexibility index (Phi) is 4.53. The van der Waals surface area contributed by atoms with Gasteiger partial charge >= 0.3 is 6.03 Å². The van der Waals surface area contributed by atoms with Crippen molar-refractivity contribution in [2.75, 3.05) is 11.9 Å². The largest absolute Gasteiger partial charge is 0.339 e. The quantitative estimate of drug-likeness (QED) is 0.686. The number of nitrogens with one attached hydrogen (secondary N) is 2. The maximum absolute atomic E-state index is 12.2. The third-order valence-electron chi connectivity index (χ3n) is 3.92. The van der Waals surface area contributed by atoms with Gasteiger partial charge < -0.3 is 15.2 Å². The van der Waals surface area contributed by atoms with Gasteiger partial charge in [0.1, 0.15) is 12.7 Å². The Balaban J connectivity index is 1.35. The van der Waals surface area contributed by atoms with E-state index in [2.05, 4.69) is 30.9 Å². The molecule has 2 heterocycles. The lowest BCUT2D eigenvalue weighted by Crippen LogP contribution is -2.31. The number of nitrogens with zero attached hydrogens (tertiary/aromatic N) is 5. The molecule has 134 valence electrons. The highest BCUT2D eigenvalue weighted by atomic mass is 35.5. The van der Waals surface area contributed by atoms with Gasteiger partial charge in [-0.1, -0.05) is 16.8 Å². The molecule has 3 aromatic rings. The second kappa shape index (κ2) is 7.12. The first kappa shape index (κ1) is 16.5. The van der Waals surface area contributed by atoms with Gasteiger partial charge in [0, 0.05) is 23.9 Å². The van der Waals surface area contributed by atoms with E-state index < -0.39 is 0 Å². The molecule has 9 nitrogen and oxygen atoms in total. The summed E-state index contributed by atoms with van der Waals surface area (Å²) < 4.78 is 6.73. The van der Waals surface area contributed by atoms with Gasteiger partial charge in [-0.25, -0.2) is 14.5 Å². The summed E-state index contributed by atoms with van der Waals surface area (Å²) in [6.45, 7) is 0.372. The van der Waals surface area contributed by atoms with Crippen LogP contribution in [0, 0.1) is 0 Å². The molecule has 10 heteroatoms. The molecule has 0 unspecified atom stereocenters. The van der Waals surface area contributed by atoms with Crippen molar-refractivity contribution < 1.29 is 9.32 Å². The van der Waals surface area contributed by atoms with Crippen molar-refractivity contribution in [3.05, 3.63) is 47.6 Å². The predicted octanol–water partition coefficient (Wildman–Crippen LogP) is 2.55. The van der Waals surface area contributed by atoms with Crippen molar-refractivity contribution in [2.24, 2.45) is 0 Å². The van der Waals surface area contributed by atoms with Gasteiger partial charge in [-0.15, -0.1) is 0 Å². The van der Waals surface area contributed by atoms with E-state index in [1.165, 1.54) is 6.33 Å². The minimum atomic E-state index is -0.365. The zero-order valence-corrected chi connectivity index (χ0v) is 14.5. The van der Waals surface area contributed by atoms with Crippen molar-refractivity contribution in [3.63, 3.8) is 0 Å². The summed E-state index contributed by atoms with van der Waals surface area (Å²) in [5, 5.41) is 14.1. The maximum Gasteiger partial charge on any atom is 0.319 e. The number of hydrogen-bond donors (Lipinski definition) is 2. The van der Waals surface area contributed by atoms with Gasteiger partial charge in [-0.05, 0) is 31.0 Å². The number of urea groups is 1. The van der Waals surface area contributed by atoms with Crippen LogP contribution in [0.1, 0.15) is 30.5 Å². The van der Waals surface area contributed by atoms with Crippen LogP contribution in [0.5, 0.6) is 0 Å². The molecule has 1 saturated carbocycles. The van der Waals surface area contributed by atoms with Crippen molar-refractivity contribution in [1.82, 2.24) is 30.2 Å². The van der Waals surface area contributed by atoms with Gasteiger partial charge in [0.05, 0.1) is 11.4 Å². The summed E-state index contributed by atoms with van der Waals surface area (Å²) in [5.74, 6) is 1.74.